The highest BCUT2D eigenvalue weighted by atomic mass is 32.1. The lowest BCUT2D eigenvalue weighted by Gasteiger charge is -2.06. The van der Waals surface area contributed by atoms with Crippen LogP contribution in [0.15, 0.2) is 24.4 Å². The standard InChI is InChI=1S/C13H15FN2OS/c1-9-16-8-11(18-9)7-15-6-10-3-4-13(17-2)12(14)5-10/h3-5,8,15H,6-7H2,1-2H3. The van der Waals surface area contributed by atoms with E-state index in [2.05, 4.69) is 10.3 Å². The van der Waals surface area contributed by atoms with E-state index in [-0.39, 0.29) is 11.6 Å². The molecule has 1 heterocycles. The highest BCUT2D eigenvalue weighted by Crippen LogP contribution is 2.17. The Morgan fingerprint density at radius 3 is 2.83 bits per heavy atom. The molecular weight excluding hydrogens is 251 g/mol. The fourth-order valence-electron chi connectivity index (χ4n) is 1.64. The molecule has 2 rings (SSSR count). The first-order chi connectivity index (χ1) is 8.69. The molecule has 0 radical (unpaired) electrons. The molecule has 0 amide bonds. The third-order valence-electron chi connectivity index (χ3n) is 2.51. The summed E-state index contributed by atoms with van der Waals surface area (Å²) >= 11 is 1.66. The Labute approximate surface area is 110 Å². The molecule has 96 valence electrons. The average Bonchev–Trinajstić information content (AvgIpc) is 2.75. The van der Waals surface area contributed by atoms with Crippen LogP contribution in [-0.4, -0.2) is 12.1 Å². The number of hydrogen-bond acceptors (Lipinski definition) is 4. The van der Waals surface area contributed by atoms with E-state index < -0.39 is 0 Å². The van der Waals surface area contributed by atoms with Gasteiger partial charge in [-0.25, -0.2) is 9.37 Å². The zero-order chi connectivity index (χ0) is 13.0. The summed E-state index contributed by atoms with van der Waals surface area (Å²) in [5.74, 6) is -0.0535. The number of hydrogen-bond donors (Lipinski definition) is 1. The summed E-state index contributed by atoms with van der Waals surface area (Å²) in [6, 6.07) is 4.99. The average molecular weight is 266 g/mol. The van der Waals surface area contributed by atoms with Crippen LogP contribution in [0.2, 0.25) is 0 Å². The lowest BCUT2D eigenvalue weighted by molar-refractivity contribution is 0.386. The van der Waals surface area contributed by atoms with Crippen molar-refractivity contribution in [2.24, 2.45) is 0 Å². The number of thiazole rings is 1. The van der Waals surface area contributed by atoms with Gasteiger partial charge in [0.25, 0.3) is 0 Å². The number of halogens is 1. The number of methoxy groups -OCH3 is 1. The van der Waals surface area contributed by atoms with Gasteiger partial charge in [-0.3, -0.25) is 0 Å². The van der Waals surface area contributed by atoms with E-state index in [1.165, 1.54) is 18.1 Å². The Balaban J connectivity index is 1.88. The Hall–Kier alpha value is -1.46. The largest absolute Gasteiger partial charge is 0.494 e. The molecule has 3 nitrogen and oxygen atoms in total. The summed E-state index contributed by atoms with van der Waals surface area (Å²) in [5.41, 5.74) is 0.898. The second kappa shape index (κ2) is 5.93. The van der Waals surface area contributed by atoms with Gasteiger partial charge in [0.15, 0.2) is 11.6 Å². The number of aryl methyl sites for hydroxylation is 1. The number of nitrogens with zero attached hydrogens (tertiary/aromatic N) is 1. The number of ether oxygens (including phenoxy) is 1. The smallest absolute Gasteiger partial charge is 0.165 e. The molecule has 18 heavy (non-hydrogen) atoms. The topological polar surface area (TPSA) is 34.1 Å². The van der Waals surface area contributed by atoms with Gasteiger partial charge in [0.2, 0.25) is 0 Å². The lowest BCUT2D eigenvalue weighted by atomic mass is 10.2. The maximum atomic E-state index is 13.4. The fourth-order valence-corrected chi connectivity index (χ4v) is 2.40. The van der Waals surface area contributed by atoms with E-state index in [9.17, 15) is 4.39 Å². The van der Waals surface area contributed by atoms with E-state index in [0.29, 0.717) is 6.54 Å². The van der Waals surface area contributed by atoms with E-state index in [4.69, 9.17) is 4.74 Å². The Kier molecular flexibility index (Phi) is 4.28. The lowest BCUT2D eigenvalue weighted by Crippen LogP contribution is -2.11. The number of aromatic nitrogens is 1. The molecule has 0 fully saturated rings. The van der Waals surface area contributed by atoms with Crippen LogP contribution in [0.4, 0.5) is 4.39 Å². The Bertz CT molecular complexity index is 527. The van der Waals surface area contributed by atoms with Gasteiger partial charge in [0, 0.05) is 24.2 Å². The quantitative estimate of drug-likeness (QED) is 0.903. The van der Waals surface area contributed by atoms with Crippen LogP contribution >= 0.6 is 11.3 Å². The first-order valence-electron chi connectivity index (χ1n) is 5.63. The Morgan fingerprint density at radius 1 is 1.39 bits per heavy atom. The predicted octanol–water partition coefficient (Wildman–Crippen LogP) is 2.89. The number of nitrogens with one attached hydrogen (secondary N) is 1. The van der Waals surface area contributed by atoms with Crippen molar-refractivity contribution < 1.29 is 9.13 Å². The first-order valence-corrected chi connectivity index (χ1v) is 6.45. The SMILES string of the molecule is COc1ccc(CNCc2cnc(C)s2)cc1F. The van der Waals surface area contributed by atoms with E-state index in [1.54, 1.807) is 17.4 Å². The van der Waals surface area contributed by atoms with Gasteiger partial charge in [0.1, 0.15) is 0 Å². The van der Waals surface area contributed by atoms with Crippen molar-refractivity contribution in [3.63, 3.8) is 0 Å². The molecule has 2 aromatic rings. The van der Waals surface area contributed by atoms with E-state index in [0.717, 1.165) is 17.1 Å². The highest BCUT2D eigenvalue weighted by molar-refractivity contribution is 7.11. The van der Waals surface area contributed by atoms with Gasteiger partial charge in [-0.2, -0.15) is 0 Å². The molecule has 1 aromatic heterocycles. The van der Waals surface area contributed by atoms with Crippen molar-refractivity contribution in [1.29, 1.82) is 0 Å². The van der Waals surface area contributed by atoms with Crippen molar-refractivity contribution in [2.45, 2.75) is 20.0 Å². The van der Waals surface area contributed by atoms with Crippen molar-refractivity contribution in [3.05, 3.63) is 45.7 Å². The second-order valence-corrected chi connectivity index (χ2v) is 5.24. The van der Waals surface area contributed by atoms with Crippen molar-refractivity contribution in [3.8, 4) is 5.75 Å². The van der Waals surface area contributed by atoms with E-state index in [1.807, 2.05) is 19.2 Å². The van der Waals surface area contributed by atoms with Gasteiger partial charge in [-0.05, 0) is 24.6 Å². The van der Waals surface area contributed by atoms with Crippen LogP contribution in [0, 0.1) is 12.7 Å². The highest BCUT2D eigenvalue weighted by Gasteiger charge is 2.03. The third-order valence-corrected chi connectivity index (χ3v) is 3.43. The summed E-state index contributed by atoms with van der Waals surface area (Å²) in [6.07, 6.45) is 1.86. The van der Waals surface area contributed by atoms with Gasteiger partial charge in [0.05, 0.1) is 12.1 Å². The summed E-state index contributed by atoms with van der Waals surface area (Å²) in [4.78, 5) is 5.36. The molecule has 0 aliphatic rings. The molecule has 0 aliphatic heterocycles. The fraction of sp³-hybridized carbons (Fsp3) is 0.308. The summed E-state index contributed by atoms with van der Waals surface area (Å²) in [5, 5.41) is 4.32. The molecule has 0 spiro atoms. The van der Waals surface area contributed by atoms with Crippen molar-refractivity contribution >= 4 is 11.3 Å². The minimum absolute atomic E-state index is 0.275. The molecule has 0 atom stereocenters. The number of rotatable bonds is 5. The molecule has 1 aromatic carbocycles. The van der Waals surface area contributed by atoms with Gasteiger partial charge < -0.3 is 10.1 Å². The maximum absolute atomic E-state index is 13.4. The monoisotopic (exact) mass is 266 g/mol. The zero-order valence-electron chi connectivity index (χ0n) is 10.4. The Morgan fingerprint density at radius 2 is 2.22 bits per heavy atom. The first kappa shape index (κ1) is 13.0. The molecule has 0 bridgehead atoms. The molecule has 1 N–H and O–H groups in total. The van der Waals surface area contributed by atoms with Gasteiger partial charge in [-0.1, -0.05) is 6.07 Å². The van der Waals surface area contributed by atoms with Crippen molar-refractivity contribution in [2.75, 3.05) is 7.11 Å². The second-order valence-electron chi connectivity index (χ2n) is 3.92. The minimum Gasteiger partial charge on any atom is -0.494 e. The summed E-state index contributed by atoms with van der Waals surface area (Å²) < 4.78 is 18.3. The van der Waals surface area contributed by atoms with Gasteiger partial charge in [-0.15, -0.1) is 11.3 Å². The van der Waals surface area contributed by atoms with Gasteiger partial charge >= 0.3 is 0 Å². The van der Waals surface area contributed by atoms with Crippen molar-refractivity contribution in [1.82, 2.24) is 10.3 Å². The summed E-state index contributed by atoms with van der Waals surface area (Å²) in [7, 11) is 1.46. The molecule has 0 aliphatic carbocycles. The molecule has 5 heteroatoms. The number of benzene rings is 1. The van der Waals surface area contributed by atoms with Crippen LogP contribution in [0.25, 0.3) is 0 Å². The molecule has 0 saturated carbocycles. The predicted molar refractivity (Wildman–Crippen MR) is 70.3 cm³/mol. The van der Waals surface area contributed by atoms with Crippen LogP contribution < -0.4 is 10.1 Å². The molecule has 0 saturated heterocycles. The molecule has 0 unspecified atom stereocenters. The molecular formula is C13H15FN2OS. The normalized spacial score (nSPS) is 10.6. The summed E-state index contributed by atoms with van der Waals surface area (Å²) in [6.45, 7) is 3.35. The zero-order valence-corrected chi connectivity index (χ0v) is 11.2. The minimum atomic E-state index is -0.328. The van der Waals surface area contributed by atoms with Crippen LogP contribution in [-0.2, 0) is 13.1 Å². The van der Waals surface area contributed by atoms with Crippen LogP contribution in [0.5, 0.6) is 5.75 Å². The van der Waals surface area contributed by atoms with Crippen LogP contribution in [0.3, 0.4) is 0 Å². The maximum Gasteiger partial charge on any atom is 0.165 e. The van der Waals surface area contributed by atoms with Crippen LogP contribution in [0.1, 0.15) is 15.4 Å². The van der Waals surface area contributed by atoms with E-state index >= 15 is 0 Å². The third kappa shape index (κ3) is 3.27.